The van der Waals surface area contributed by atoms with Gasteiger partial charge in [0, 0.05) is 19.3 Å². The number of carbonyl (C=O) groups is 3. The number of hydrogen-bond acceptors (Lipinski definition) is 6. The molecule has 0 rings (SSSR count). The average molecular weight is 1050 g/mol. The van der Waals surface area contributed by atoms with E-state index in [0.29, 0.717) is 19.3 Å². The topological polar surface area (TPSA) is 78.9 Å². The quantitative estimate of drug-likeness (QED) is 0.0261. The molecule has 0 bridgehead atoms. The Kier molecular flexibility index (Phi) is 62.1. The van der Waals surface area contributed by atoms with Crippen LogP contribution in [-0.2, 0) is 28.6 Å². The summed E-state index contributed by atoms with van der Waals surface area (Å²) in [5.41, 5.74) is 0. The minimum Gasteiger partial charge on any atom is -0.462 e. The third-order valence-electron chi connectivity index (χ3n) is 15.1. The first-order valence-corrected chi connectivity index (χ1v) is 33.5. The van der Waals surface area contributed by atoms with E-state index < -0.39 is 6.10 Å². The van der Waals surface area contributed by atoms with Gasteiger partial charge in [-0.2, -0.15) is 0 Å². The second kappa shape index (κ2) is 64.2. The molecule has 75 heavy (non-hydrogen) atoms. The van der Waals surface area contributed by atoms with Crippen LogP contribution < -0.4 is 0 Å². The molecular weight excluding hydrogens is 925 g/mol. The fourth-order valence-electron chi connectivity index (χ4n) is 10.1. The van der Waals surface area contributed by atoms with Gasteiger partial charge in [0.1, 0.15) is 13.2 Å². The molecule has 0 fully saturated rings. The highest BCUT2D eigenvalue weighted by molar-refractivity contribution is 5.71. The second-order valence-corrected chi connectivity index (χ2v) is 22.7. The van der Waals surface area contributed by atoms with Crippen molar-refractivity contribution in [3.63, 3.8) is 0 Å². The van der Waals surface area contributed by atoms with E-state index in [1.54, 1.807) is 0 Å². The van der Waals surface area contributed by atoms with Crippen molar-refractivity contribution >= 4 is 17.9 Å². The summed E-state index contributed by atoms with van der Waals surface area (Å²) in [4.78, 5) is 38.4. The van der Waals surface area contributed by atoms with Gasteiger partial charge in [-0.1, -0.05) is 308 Å². The minimum atomic E-state index is -0.773. The number of rotatable bonds is 62. The number of ether oxygens (including phenoxy) is 3. The van der Waals surface area contributed by atoms with Crippen LogP contribution in [0, 0.1) is 0 Å². The lowest BCUT2D eigenvalue weighted by Crippen LogP contribution is -2.30. The van der Waals surface area contributed by atoms with E-state index in [4.69, 9.17) is 14.2 Å². The third-order valence-corrected chi connectivity index (χ3v) is 15.1. The monoisotopic (exact) mass is 1050 g/mol. The molecule has 0 saturated heterocycles. The van der Waals surface area contributed by atoms with Crippen molar-refractivity contribution in [3.8, 4) is 0 Å². The van der Waals surface area contributed by atoms with Crippen LogP contribution in [0.15, 0.2) is 36.5 Å². The molecule has 440 valence electrons. The molecule has 0 spiro atoms. The summed E-state index contributed by atoms with van der Waals surface area (Å²) < 4.78 is 17.0. The first-order valence-electron chi connectivity index (χ1n) is 33.5. The first kappa shape index (κ1) is 72.6. The highest BCUT2D eigenvalue weighted by Crippen LogP contribution is 2.18. The van der Waals surface area contributed by atoms with Crippen LogP contribution in [0.25, 0.3) is 0 Å². The number of allylic oxidation sites excluding steroid dienone is 6. The fraction of sp³-hybridized carbons (Fsp3) is 0.870. The maximum Gasteiger partial charge on any atom is 0.306 e. The lowest BCUT2D eigenvalue weighted by Gasteiger charge is -2.18. The largest absolute Gasteiger partial charge is 0.462 e. The van der Waals surface area contributed by atoms with Crippen LogP contribution in [0.1, 0.15) is 367 Å². The molecule has 0 aromatic rings. The molecule has 0 heterocycles. The van der Waals surface area contributed by atoms with Gasteiger partial charge in [-0.3, -0.25) is 14.4 Å². The number of carbonyl (C=O) groups excluding carboxylic acids is 3. The molecule has 0 aromatic heterocycles. The van der Waals surface area contributed by atoms with Crippen LogP contribution in [0.4, 0.5) is 0 Å². The Hall–Kier alpha value is -2.37. The summed E-state index contributed by atoms with van der Waals surface area (Å²) in [5.74, 6) is -0.849. The summed E-state index contributed by atoms with van der Waals surface area (Å²) in [6.07, 6.45) is 78.6. The Morgan fingerprint density at radius 3 is 0.747 bits per heavy atom. The Morgan fingerprint density at radius 1 is 0.267 bits per heavy atom. The maximum atomic E-state index is 12.9. The Balaban J connectivity index is 4.33. The number of esters is 3. The summed E-state index contributed by atoms with van der Waals surface area (Å²) in [5, 5.41) is 0. The number of hydrogen-bond donors (Lipinski definition) is 0. The molecule has 0 amide bonds. The zero-order chi connectivity index (χ0) is 54.3. The molecule has 0 aliphatic heterocycles. The molecule has 0 N–H and O–H groups in total. The van der Waals surface area contributed by atoms with E-state index in [9.17, 15) is 14.4 Å². The van der Waals surface area contributed by atoms with E-state index in [2.05, 4.69) is 57.2 Å². The summed E-state index contributed by atoms with van der Waals surface area (Å²) >= 11 is 0. The molecule has 0 aromatic carbocycles. The summed E-state index contributed by atoms with van der Waals surface area (Å²) in [7, 11) is 0. The maximum absolute atomic E-state index is 12.9. The first-order chi connectivity index (χ1) is 37.0. The van der Waals surface area contributed by atoms with Gasteiger partial charge in [0.15, 0.2) is 6.10 Å². The smallest absolute Gasteiger partial charge is 0.306 e. The molecule has 6 heteroatoms. The normalized spacial score (nSPS) is 12.2. The van der Waals surface area contributed by atoms with Gasteiger partial charge in [-0.25, -0.2) is 0 Å². The predicted molar refractivity (Wildman–Crippen MR) is 326 cm³/mol. The van der Waals surface area contributed by atoms with Gasteiger partial charge in [-0.05, 0) is 77.0 Å². The highest BCUT2D eigenvalue weighted by atomic mass is 16.6. The van der Waals surface area contributed by atoms with Gasteiger partial charge in [0.05, 0.1) is 0 Å². The summed E-state index contributed by atoms with van der Waals surface area (Å²) in [6, 6.07) is 0. The van der Waals surface area contributed by atoms with E-state index in [1.807, 2.05) is 0 Å². The minimum absolute atomic E-state index is 0.0695. The van der Waals surface area contributed by atoms with Crippen LogP contribution in [-0.4, -0.2) is 37.2 Å². The van der Waals surface area contributed by atoms with Gasteiger partial charge < -0.3 is 14.2 Å². The van der Waals surface area contributed by atoms with Crippen molar-refractivity contribution in [3.05, 3.63) is 36.5 Å². The lowest BCUT2D eigenvalue weighted by molar-refractivity contribution is -0.167. The molecule has 6 nitrogen and oxygen atoms in total. The molecule has 0 saturated carbocycles. The summed E-state index contributed by atoms with van der Waals surface area (Å²) in [6.45, 7) is 6.69. The van der Waals surface area contributed by atoms with Crippen molar-refractivity contribution in [1.82, 2.24) is 0 Å². The molecule has 0 aliphatic carbocycles. The van der Waals surface area contributed by atoms with E-state index in [-0.39, 0.29) is 31.1 Å². The Labute approximate surface area is 467 Å². The fourth-order valence-corrected chi connectivity index (χ4v) is 10.1. The SMILES string of the molecule is CCCCCCC/C=C\C/C=C\CCCCCCCCCCCC(=O)OCC(COC(=O)CCCCCCCCCCCCCCCCCCC)OC(=O)CCCCCCCCCCC/C=C\CCCCCCCC. The zero-order valence-electron chi connectivity index (χ0n) is 50.6. The molecule has 0 radical (unpaired) electrons. The lowest BCUT2D eigenvalue weighted by atomic mass is 10.0. The van der Waals surface area contributed by atoms with E-state index >= 15 is 0 Å². The number of unbranched alkanes of at least 4 members (excludes halogenated alkanes) is 45. The molecule has 0 aliphatic rings. The van der Waals surface area contributed by atoms with Crippen LogP contribution in [0.3, 0.4) is 0 Å². The van der Waals surface area contributed by atoms with Crippen molar-refractivity contribution < 1.29 is 28.6 Å². The van der Waals surface area contributed by atoms with Crippen LogP contribution in [0.2, 0.25) is 0 Å². The molecular formula is C69H128O6. The molecule has 1 unspecified atom stereocenters. The van der Waals surface area contributed by atoms with Gasteiger partial charge in [0.2, 0.25) is 0 Å². The van der Waals surface area contributed by atoms with Crippen molar-refractivity contribution in [2.24, 2.45) is 0 Å². The highest BCUT2D eigenvalue weighted by Gasteiger charge is 2.19. The van der Waals surface area contributed by atoms with Crippen molar-refractivity contribution in [2.45, 2.75) is 374 Å². The Morgan fingerprint density at radius 2 is 0.480 bits per heavy atom. The van der Waals surface area contributed by atoms with E-state index in [0.717, 1.165) is 64.2 Å². The van der Waals surface area contributed by atoms with Crippen molar-refractivity contribution in [2.75, 3.05) is 13.2 Å². The standard InChI is InChI=1S/C69H128O6/c1-4-7-10-13-16-19-22-25-28-31-33-34-36-38-41-44-47-50-53-56-59-62-68(71)74-65-66(64-73-67(70)61-58-55-52-49-46-43-40-37-30-27-24-21-18-15-12-9-6-3)75-69(72)63-60-57-54-51-48-45-42-39-35-32-29-26-23-20-17-14-11-8-5-2/h22,25-26,29,31,33,66H,4-21,23-24,27-28,30,32,34-65H2,1-3H3/b25-22-,29-26-,33-31-. The van der Waals surface area contributed by atoms with Gasteiger partial charge in [-0.15, -0.1) is 0 Å². The average Bonchev–Trinajstić information content (AvgIpc) is 3.41. The van der Waals surface area contributed by atoms with Gasteiger partial charge in [0.25, 0.3) is 0 Å². The Bertz CT molecular complexity index is 1250. The molecule has 1 atom stereocenters. The predicted octanol–water partition coefficient (Wildman–Crippen LogP) is 22.8. The zero-order valence-corrected chi connectivity index (χ0v) is 50.6. The van der Waals surface area contributed by atoms with E-state index in [1.165, 1.54) is 263 Å². The van der Waals surface area contributed by atoms with Crippen molar-refractivity contribution in [1.29, 1.82) is 0 Å². The van der Waals surface area contributed by atoms with Gasteiger partial charge >= 0.3 is 17.9 Å². The second-order valence-electron chi connectivity index (χ2n) is 22.7. The third kappa shape index (κ3) is 62.4. The van der Waals surface area contributed by atoms with Crippen LogP contribution in [0.5, 0.6) is 0 Å². The van der Waals surface area contributed by atoms with Crippen LogP contribution >= 0.6 is 0 Å².